The van der Waals surface area contributed by atoms with Gasteiger partial charge in [-0.25, -0.2) is 4.79 Å². The summed E-state index contributed by atoms with van der Waals surface area (Å²) in [6, 6.07) is -0.0607. The van der Waals surface area contributed by atoms with Crippen molar-refractivity contribution in [3.05, 3.63) is 0 Å². The van der Waals surface area contributed by atoms with Crippen LogP contribution >= 0.6 is 0 Å². The Morgan fingerprint density at radius 1 is 1.44 bits per heavy atom. The van der Waals surface area contributed by atoms with E-state index in [4.69, 9.17) is 4.74 Å². The number of hydrogen-bond donors (Lipinski definition) is 2. The van der Waals surface area contributed by atoms with Gasteiger partial charge in [-0.3, -0.25) is 0 Å². The average molecular weight is 256 g/mol. The van der Waals surface area contributed by atoms with Crippen LogP contribution in [-0.4, -0.2) is 54.0 Å². The number of aliphatic hydroxyl groups is 1. The topological polar surface area (TPSA) is 61.8 Å². The Labute approximate surface area is 108 Å². The molecule has 0 aromatic heterocycles. The normalized spacial score (nSPS) is 33.7. The predicted octanol–water partition coefficient (Wildman–Crippen LogP) is 0.968. The van der Waals surface area contributed by atoms with Crippen molar-refractivity contribution >= 4 is 6.03 Å². The van der Waals surface area contributed by atoms with Crippen LogP contribution in [0.15, 0.2) is 0 Å². The van der Waals surface area contributed by atoms with E-state index in [-0.39, 0.29) is 18.7 Å². The molecule has 2 heterocycles. The molecule has 0 aliphatic carbocycles. The second-order valence-electron chi connectivity index (χ2n) is 5.69. The quantitative estimate of drug-likeness (QED) is 0.774. The molecule has 18 heavy (non-hydrogen) atoms. The smallest absolute Gasteiger partial charge is 0.317 e. The highest BCUT2D eigenvalue weighted by Gasteiger charge is 2.40. The van der Waals surface area contributed by atoms with Crippen molar-refractivity contribution in [2.45, 2.75) is 44.8 Å². The van der Waals surface area contributed by atoms with Gasteiger partial charge in [0.2, 0.25) is 0 Å². The summed E-state index contributed by atoms with van der Waals surface area (Å²) in [5.41, 5.74) is -0.904. The number of ether oxygens (including phenoxy) is 1. The Balaban J connectivity index is 1.78. The van der Waals surface area contributed by atoms with Crippen molar-refractivity contribution in [1.29, 1.82) is 0 Å². The first kappa shape index (κ1) is 13.6. The molecule has 2 unspecified atom stereocenters. The number of urea groups is 1. The molecule has 0 spiro atoms. The summed E-state index contributed by atoms with van der Waals surface area (Å²) in [4.78, 5) is 13.8. The highest BCUT2D eigenvalue weighted by atomic mass is 16.5. The average Bonchev–Trinajstić information content (AvgIpc) is 2.68. The second-order valence-corrected chi connectivity index (χ2v) is 5.69. The van der Waals surface area contributed by atoms with E-state index >= 15 is 0 Å². The third-order valence-electron chi connectivity index (χ3n) is 4.28. The van der Waals surface area contributed by atoms with E-state index in [1.54, 1.807) is 0 Å². The monoisotopic (exact) mass is 256 g/mol. The number of nitrogens with zero attached hydrogens (tertiary/aromatic N) is 1. The van der Waals surface area contributed by atoms with Crippen LogP contribution in [-0.2, 0) is 4.74 Å². The number of carbonyl (C=O) groups is 1. The lowest BCUT2D eigenvalue weighted by Crippen LogP contribution is -2.52. The summed E-state index contributed by atoms with van der Waals surface area (Å²) < 4.78 is 5.35. The molecule has 2 aliphatic rings. The maximum Gasteiger partial charge on any atom is 0.317 e. The molecular formula is C13H24N2O3. The minimum Gasteiger partial charge on any atom is -0.385 e. The van der Waals surface area contributed by atoms with Gasteiger partial charge in [-0.15, -0.1) is 0 Å². The first-order valence-electron chi connectivity index (χ1n) is 6.88. The fraction of sp³-hybridized carbons (Fsp3) is 0.923. The summed E-state index contributed by atoms with van der Waals surface area (Å²) in [5.74, 6) is 0.710. The Hall–Kier alpha value is -0.810. The van der Waals surface area contributed by atoms with E-state index in [1.807, 2.05) is 11.8 Å². The van der Waals surface area contributed by atoms with Crippen molar-refractivity contribution in [2.24, 2.45) is 5.92 Å². The van der Waals surface area contributed by atoms with Crippen LogP contribution in [0.4, 0.5) is 4.79 Å². The summed E-state index contributed by atoms with van der Waals surface area (Å²) in [6.45, 7) is 6.54. The predicted molar refractivity (Wildman–Crippen MR) is 68.4 cm³/mol. The molecule has 104 valence electrons. The minimum atomic E-state index is -0.904. The van der Waals surface area contributed by atoms with Crippen LogP contribution < -0.4 is 5.32 Å². The molecule has 0 aromatic rings. The summed E-state index contributed by atoms with van der Waals surface area (Å²) in [7, 11) is 0. The zero-order valence-electron chi connectivity index (χ0n) is 11.3. The van der Waals surface area contributed by atoms with E-state index in [0.29, 0.717) is 18.9 Å². The highest BCUT2D eigenvalue weighted by molar-refractivity contribution is 5.74. The second kappa shape index (κ2) is 5.45. The molecule has 5 nitrogen and oxygen atoms in total. The van der Waals surface area contributed by atoms with Crippen molar-refractivity contribution in [3.63, 3.8) is 0 Å². The molecule has 5 heteroatoms. The number of nitrogens with one attached hydrogen (secondary N) is 1. The Morgan fingerprint density at radius 2 is 2.11 bits per heavy atom. The number of piperidine rings is 1. The van der Waals surface area contributed by atoms with Crippen molar-refractivity contribution in [1.82, 2.24) is 10.2 Å². The van der Waals surface area contributed by atoms with Gasteiger partial charge in [-0.05, 0) is 25.7 Å². The van der Waals surface area contributed by atoms with Gasteiger partial charge in [0, 0.05) is 26.1 Å². The van der Waals surface area contributed by atoms with Crippen LogP contribution in [0.25, 0.3) is 0 Å². The van der Waals surface area contributed by atoms with Gasteiger partial charge in [0.1, 0.15) is 5.60 Å². The molecule has 0 radical (unpaired) electrons. The Kier molecular flexibility index (Phi) is 4.12. The molecule has 2 saturated heterocycles. The van der Waals surface area contributed by atoms with E-state index in [0.717, 1.165) is 25.9 Å². The number of amides is 2. The Morgan fingerprint density at radius 3 is 2.67 bits per heavy atom. The SMILES string of the molecule is CC1CCN(C(=O)NCC2(O)CCOC2C)CC1. The molecule has 0 aromatic carbocycles. The highest BCUT2D eigenvalue weighted by Crippen LogP contribution is 2.25. The molecule has 2 fully saturated rings. The minimum absolute atomic E-state index is 0.0607. The van der Waals surface area contributed by atoms with Gasteiger partial charge in [0.15, 0.2) is 0 Å². The lowest BCUT2D eigenvalue weighted by Gasteiger charge is -2.32. The number of hydrogen-bond acceptors (Lipinski definition) is 3. The third kappa shape index (κ3) is 2.95. The molecule has 2 N–H and O–H groups in total. The fourth-order valence-electron chi connectivity index (χ4n) is 2.56. The lowest BCUT2D eigenvalue weighted by molar-refractivity contribution is -0.0250. The van der Waals surface area contributed by atoms with Gasteiger partial charge in [-0.2, -0.15) is 0 Å². The lowest BCUT2D eigenvalue weighted by atomic mass is 9.96. The van der Waals surface area contributed by atoms with Crippen LogP contribution in [0, 0.1) is 5.92 Å². The van der Waals surface area contributed by atoms with Gasteiger partial charge >= 0.3 is 6.03 Å². The van der Waals surface area contributed by atoms with Gasteiger partial charge < -0.3 is 20.1 Å². The van der Waals surface area contributed by atoms with Gasteiger partial charge in [0.05, 0.1) is 12.6 Å². The van der Waals surface area contributed by atoms with E-state index in [2.05, 4.69) is 12.2 Å². The molecule has 0 saturated carbocycles. The molecule has 2 amide bonds. The van der Waals surface area contributed by atoms with Gasteiger partial charge in [-0.1, -0.05) is 6.92 Å². The molecule has 2 rings (SSSR count). The first-order chi connectivity index (χ1) is 8.51. The number of rotatable bonds is 2. The molecule has 2 atom stereocenters. The largest absolute Gasteiger partial charge is 0.385 e. The zero-order chi connectivity index (χ0) is 13.2. The number of carbonyl (C=O) groups excluding carboxylic acids is 1. The van der Waals surface area contributed by atoms with Gasteiger partial charge in [0.25, 0.3) is 0 Å². The summed E-state index contributed by atoms with van der Waals surface area (Å²) in [5, 5.41) is 13.1. The van der Waals surface area contributed by atoms with Crippen LogP contribution in [0.5, 0.6) is 0 Å². The summed E-state index contributed by atoms with van der Waals surface area (Å²) in [6.07, 6.45) is 2.51. The Bertz CT molecular complexity index is 303. The summed E-state index contributed by atoms with van der Waals surface area (Å²) >= 11 is 0. The fourth-order valence-corrected chi connectivity index (χ4v) is 2.56. The van der Waals surface area contributed by atoms with Crippen molar-refractivity contribution in [2.75, 3.05) is 26.2 Å². The third-order valence-corrected chi connectivity index (χ3v) is 4.28. The maximum atomic E-state index is 12.0. The standard InChI is InChI=1S/C13H24N2O3/c1-10-3-6-15(7-4-10)12(16)14-9-13(17)5-8-18-11(13)2/h10-11,17H,3-9H2,1-2H3,(H,14,16). The van der Waals surface area contributed by atoms with E-state index < -0.39 is 5.60 Å². The number of likely N-dealkylation sites (tertiary alicyclic amines) is 1. The van der Waals surface area contributed by atoms with E-state index in [1.165, 1.54) is 0 Å². The van der Waals surface area contributed by atoms with E-state index in [9.17, 15) is 9.90 Å². The molecule has 2 aliphatic heterocycles. The van der Waals surface area contributed by atoms with Crippen LogP contribution in [0.3, 0.4) is 0 Å². The molecule has 0 bridgehead atoms. The first-order valence-corrected chi connectivity index (χ1v) is 6.88. The maximum absolute atomic E-state index is 12.0. The van der Waals surface area contributed by atoms with Crippen LogP contribution in [0.2, 0.25) is 0 Å². The zero-order valence-corrected chi connectivity index (χ0v) is 11.3. The van der Waals surface area contributed by atoms with Crippen molar-refractivity contribution in [3.8, 4) is 0 Å². The van der Waals surface area contributed by atoms with Crippen molar-refractivity contribution < 1.29 is 14.6 Å². The molecular weight excluding hydrogens is 232 g/mol. The van der Waals surface area contributed by atoms with Crippen LogP contribution in [0.1, 0.15) is 33.1 Å².